The fraction of sp³-hybridized carbons (Fsp3) is 0.333. The van der Waals surface area contributed by atoms with Gasteiger partial charge in [-0.3, -0.25) is 9.59 Å². The SMILES string of the molecule is COc1cc(N)ncc1C1CCN(C(=O)c2ccc(O)cc2F)CC1.COc1cc(N)ncc1C1CCN(C(=O)c2ccc(OCc3csnn3)cc2F)CC1.OCc1csnn1. The van der Waals surface area contributed by atoms with Crippen LogP contribution in [0.15, 0.2) is 71.7 Å². The third-order valence-corrected chi connectivity index (χ3v) is 11.5. The number of carbonyl (C=O) groups is 2. The normalized spacial score (nSPS) is 14.2. The first-order valence-electron chi connectivity index (χ1n) is 19.7. The van der Waals surface area contributed by atoms with Gasteiger partial charge in [0.2, 0.25) is 0 Å². The van der Waals surface area contributed by atoms with Crippen LogP contribution in [-0.2, 0) is 13.2 Å². The molecule has 0 radical (unpaired) electrons. The molecule has 4 aromatic heterocycles. The second kappa shape index (κ2) is 22.0. The first kappa shape index (κ1) is 45.9. The zero-order chi connectivity index (χ0) is 44.9. The quantitative estimate of drug-likeness (QED) is 0.127. The highest BCUT2D eigenvalue weighted by Crippen LogP contribution is 2.36. The first-order chi connectivity index (χ1) is 30.5. The number of piperidine rings is 2. The number of phenols is 1. The Morgan fingerprint density at radius 2 is 1.21 bits per heavy atom. The number of ether oxygens (including phenoxy) is 3. The lowest BCUT2D eigenvalue weighted by Gasteiger charge is -2.32. The highest BCUT2D eigenvalue weighted by molar-refractivity contribution is 7.03. The topological polar surface area (TPSA) is 238 Å². The lowest BCUT2D eigenvalue weighted by molar-refractivity contribution is 0.0699. The molecule has 332 valence electrons. The summed E-state index contributed by atoms with van der Waals surface area (Å²) in [6.07, 6.45) is 6.38. The van der Waals surface area contributed by atoms with Crippen molar-refractivity contribution in [2.24, 2.45) is 0 Å². The van der Waals surface area contributed by atoms with Crippen molar-refractivity contribution in [3.63, 3.8) is 0 Å². The molecular formula is C42H46F2N10O7S2. The number of aliphatic hydroxyl groups is 1. The summed E-state index contributed by atoms with van der Waals surface area (Å²) in [5.41, 5.74) is 14.7. The number of aromatic nitrogens is 6. The Morgan fingerprint density at radius 3 is 1.62 bits per heavy atom. The molecule has 0 unspecified atom stereocenters. The van der Waals surface area contributed by atoms with Crippen molar-refractivity contribution in [3.05, 3.63) is 117 Å². The Hall–Kier alpha value is -6.58. The van der Waals surface area contributed by atoms with E-state index < -0.39 is 11.6 Å². The molecule has 0 aliphatic carbocycles. The van der Waals surface area contributed by atoms with E-state index >= 15 is 0 Å². The monoisotopic (exact) mass is 904 g/mol. The van der Waals surface area contributed by atoms with Gasteiger partial charge in [0.1, 0.15) is 64.3 Å². The van der Waals surface area contributed by atoms with Crippen LogP contribution in [-0.4, -0.2) is 101 Å². The summed E-state index contributed by atoms with van der Waals surface area (Å²) < 4.78 is 52.1. The first-order valence-corrected chi connectivity index (χ1v) is 21.4. The summed E-state index contributed by atoms with van der Waals surface area (Å²) in [6, 6.07) is 11.3. The number of hydrogen-bond donors (Lipinski definition) is 4. The van der Waals surface area contributed by atoms with Gasteiger partial charge in [-0.15, -0.1) is 10.2 Å². The van der Waals surface area contributed by atoms with Crippen molar-refractivity contribution in [1.29, 1.82) is 0 Å². The van der Waals surface area contributed by atoms with E-state index in [1.165, 1.54) is 47.3 Å². The molecule has 6 aromatic rings. The van der Waals surface area contributed by atoms with E-state index in [4.69, 9.17) is 30.8 Å². The lowest BCUT2D eigenvalue weighted by atomic mass is 9.89. The Labute approximate surface area is 369 Å². The van der Waals surface area contributed by atoms with Gasteiger partial charge in [0.05, 0.1) is 32.0 Å². The van der Waals surface area contributed by atoms with Gasteiger partial charge in [-0.05, 0) is 84.8 Å². The van der Waals surface area contributed by atoms with Crippen LogP contribution in [0.2, 0.25) is 0 Å². The number of hydrogen-bond acceptors (Lipinski definition) is 17. The highest BCUT2D eigenvalue weighted by atomic mass is 32.1. The maximum absolute atomic E-state index is 14.6. The number of aliphatic hydroxyl groups excluding tert-OH is 1. The van der Waals surface area contributed by atoms with E-state index in [1.54, 1.807) is 65.4 Å². The van der Waals surface area contributed by atoms with Crippen molar-refractivity contribution in [2.45, 2.75) is 50.7 Å². The lowest BCUT2D eigenvalue weighted by Crippen LogP contribution is -2.38. The predicted octanol–water partition coefficient (Wildman–Crippen LogP) is 5.83. The average Bonchev–Trinajstić information content (AvgIpc) is 4.04. The zero-order valence-electron chi connectivity index (χ0n) is 34.4. The number of aromatic hydroxyl groups is 1. The van der Waals surface area contributed by atoms with Crippen LogP contribution in [0.1, 0.15) is 80.7 Å². The van der Waals surface area contributed by atoms with E-state index in [0.29, 0.717) is 66.5 Å². The van der Waals surface area contributed by atoms with Crippen LogP contribution in [0.5, 0.6) is 23.0 Å². The van der Waals surface area contributed by atoms with Crippen molar-refractivity contribution < 1.29 is 42.8 Å². The standard InChI is InChI=1S/C21H22FN5O3S.C18H20FN3O3.C3H4N2OS/c1-29-19-9-20(23)24-10-17(19)13-4-6-27(7-5-13)21(28)16-3-2-15(8-18(16)22)30-11-14-12-31-26-25-14;1-25-16-9-17(20)21-10-14(16)11-4-6-22(7-5-11)18(24)13-3-2-12(23)8-15(13)19;6-1-3-2-7-5-4-3/h2-3,8-10,12-13H,4-7,11H2,1H3,(H2,23,24);2-3,8-11,23H,4-7H2,1H3,(H2,20,21);2,6H,1H2. The van der Waals surface area contributed by atoms with Crippen molar-refractivity contribution in [3.8, 4) is 23.0 Å². The molecule has 2 saturated heterocycles. The summed E-state index contributed by atoms with van der Waals surface area (Å²) in [5.74, 6) is 0.739. The fourth-order valence-corrected chi connectivity index (χ4v) is 7.99. The maximum Gasteiger partial charge on any atom is 0.256 e. The van der Waals surface area contributed by atoms with Crippen LogP contribution < -0.4 is 25.7 Å². The Balaban J connectivity index is 0.000000184. The van der Waals surface area contributed by atoms with Crippen molar-refractivity contribution >= 4 is 46.5 Å². The number of carbonyl (C=O) groups excluding carboxylic acids is 2. The molecule has 6 heterocycles. The van der Waals surface area contributed by atoms with Crippen molar-refractivity contribution in [1.82, 2.24) is 38.9 Å². The minimum absolute atomic E-state index is 0.00347. The van der Waals surface area contributed by atoms with Gasteiger partial charge in [0.15, 0.2) is 0 Å². The van der Waals surface area contributed by atoms with Crippen LogP contribution in [0, 0.1) is 11.6 Å². The predicted molar refractivity (Wildman–Crippen MR) is 231 cm³/mol. The van der Waals surface area contributed by atoms with Crippen LogP contribution >= 0.6 is 23.1 Å². The number of nitrogens with two attached hydrogens (primary N) is 2. The molecule has 0 bridgehead atoms. The fourth-order valence-electron chi connectivity index (χ4n) is 7.11. The molecule has 2 aromatic carbocycles. The van der Waals surface area contributed by atoms with Crippen molar-refractivity contribution in [2.75, 3.05) is 51.9 Å². The number of phenolic OH excluding ortho intramolecular Hbond substituents is 1. The Morgan fingerprint density at radius 1 is 0.730 bits per heavy atom. The van der Waals surface area contributed by atoms with Gasteiger partial charge in [0.25, 0.3) is 11.8 Å². The van der Waals surface area contributed by atoms with E-state index in [-0.39, 0.29) is 53.7 Å². The van der Waals surface area contributed by atoms with Crippen LogP contribution in [0.3, 0.4) is 0 Å². The van der Waals surface area contributed by atoms with Gasteiger partial charge in [0, 0.05) is 84.7 Å². The molecule has 0 atom stereocenters. The molecule has 2 aliphatic rings. The van der Waals surface area contributed by atoms with Gasteiger partial charge < -0.3 is 45.7 Å². The maximum atomic E-state index is 14.6. The highest BCUT2D eigenvalue weighted by Gasteiger charge is 2.29. The molecule has 6 N–H and O–H groups in total. The molecule has 0 saturated carbocycles. The number of nitrogen functional groups attached to an aromatic ring is 2. The molecule has 63 heavy (non-hydrogen) atoms. The smallest absolute Gasteiger partial charge is 0.256 e. The summed E-state index contributed by atoms with van der Waals surface area (Å²) in [5, 5.41) is 28.5. The molecular weight excluding hydrogens is 859 g/mol. The molecule has 0 spiro atoms. The minimum atomic E-state index is -0.712. The molecule has 2 aliphatic heterocycles. The number of pyridine rings is 2. The van der Waals surface area contributed by atoms with Gasteiger partial charge in [-0.1, -0.05) is 8.98 Å². The molecule has 21 heteroatoms. The summed E-state index contributed by atoms with van der Waals surface area (Å²) in [6.45, 7) is 2.25. The number of likely N-dealkylation sites (tertiary alicyclic amines) is 2. The zero-order valence-corrected chi connectivity index (χ0v) is 36.0. The number of methoxy groups -OCH3 is 2. The van der Waals surface area contributed by atoms with Crippen LogP contribution in [0.25, 0.3) is 0 Å². The van der Waals surface area contributed by atoms with E-state index in [9.17, 15) is 23.5 Å². The second-order valence-electron chi connectivity index (χ2n) is 14.4. The van der Waals surface area contributed by atoms with Crippen LogP contribution in [0.4, 0.5) is 20.4 Å². The molecule has 8 rings (SSSR count). The number of nitrogens with zero attached hydrogens (tertiary/aromatic N) is 8. The Bertz CT molecular complexity index is 2430. The average molecular weight is 905 g/mol. The van der Waals surface area contributed by atoms with E-state index in [1.807, 2.05) is 0 Å². The number of anilines is 2. The number of amides is 2. The molecule has 2 amide bonds. The summed E-state index contributed by atoms with van der Waals surface area (Å²) in [4.78, 5) is 37.0. The minimum Gasteiger partial charge on any atom is -0.508 e. The van der Waals surface area contributed by atoms with E-state index in [2.05, 4.69) is 29.1 Å². The Kier molecular flexibility index (Phi) is 16.0. The molecule has 17 nitrogen and oxygen atoms in total. The third-order valence-electron chi connectivity index (χ3n) is 10.4. The number of halogens is 2. The summed E-state index contributed by atoms with van der Waals surface area (Å²) >= 11 is 2.46. The number of rotatable bonds is 10. The van der Waals surface area contributed by atoms with E-state index in [0.717, 1.165) is 42.9 Å². The summed E-state index contributed by atoms with van der Waals surface area (Å²) in [7, 11) is 3.19. The second-order valence-corrected chi connectivity index (χ2v) is 15.6. The molecule has 2 fully saturated rings. The largest absolute Gasteiger partial charge is 0.508 e. The number of benzene rings is 2. The van der Waals surface area contributed by atoms with Gasteiger partial charge in [-0.2, -0.15) is 0 Å². The van der Waals surface area contributed by atoms with Gasteiger partial charge >= 0.3 is 0 Å². The third kappa shape index (κ3) is 12.1. The van der Waals surface area contributed by atoms with Gasteiger partial charge in [-0.25, -0.2) is 18.7 Å².